The zero-order valence-corrected chi connectivity index (χ0v) is 14.8. The van der Waals surface area contributed by atoms with Gasteiger partial charge >= 0.3 is 0 Å². The topological polar surface area (TPSA) is 57.8 Å². The van der Waals surface area contributed by atoms with Crippen LogP contribution in [0.2, 0.25) is 0 Å². The first-order valence-corrected chi connectivity index (χ1v) is 9.24. The molecule has 0 aliphatic carbocycles. The van der Waals surface area contributed by atoms with Gasteiger partial charge in [0, 0.05) is 6.54 Å². The number of carbonyl (C=O) groups excluding carboxylic acids is 1. The van der Waals surface area contributed by atoms with Gasteiger partial charge in [0.2, 0.25) is 5.91 Å². The molecule has 4 nitrogen and oxygen atoms in total. The lowest BCUT2D eigenvalue weighted by Gasteiger charge is -2.09. The number of thioether (sulfide) groups is 1. The zero-order valence-electron chi connectivity index (χ0n) is 14.0. The molecule has 1 unspecified atom stereocenters. The van der Waals surface area contributed by atoms with E-state index in [1.807, 2.05) is 31.2 Å². The molecule has 0 radical (unpaired) electrons. The van der Waals surface area contributed by atoms with E-state index in [-0.39, 0.29) is 17.0 Å². The van der Waals surface area contributed by atoms with Gasteiger partial charge in [0.25, 0.3) is 0 Å². The van der Waals surface area contributed by atoms with Crippen molar-refractivity contribution in [1.82, 2.24) is 15.3 Å². The van der Waals surface area contributed by atoms with Crippen LogP contribution in [-0.2, 0) is 11.2 Å². The van der Waals surface area contributed by atoms with Crippen molar-refractivity contribution >= 4 is 28.7 Å². The minimum atomic E-state index is -0.247. The lowest BCUT2D eigenvalue weighted by Crippen LogP contribution is -2.27. The van der Waals surface area contributed by atoms with E-state index in [0.29, 0.717) is 18.7 Å². The van der Waals surface area contributed by atoms with Crippen molar-refractivity contribution in [3.63, 3.8) is 0 Å². The third kappa shape index (κ3) is 4.82. The Hall–Kier alpha value is -2.34. The maximum absolute atomic E-state index is 12.8. The minimum absolute atomic E-state index is 0.00456. The Morgan fingerprint density at radius 2 is 2.00 bits per heavy atom. The highest BCUT2D eigenvalue weighted by Crippen LogP contribution is 2.27. The van der Waals surface area contributed by atoms with Crippen molar-refractivity contribution in [3.8, 4) is 0 Å². The van der Waals surface area contributed by atoms with Gasteiger partial charge in [0.15, 0.2) is 0 Å². The van der Waals surface area contributed by atoms with Crippen LogP contribution >= 0.6 is 11.8 Å². The molecular formula is C19H20FN3OS. The molecule has 2 N–H and O–H groups in total. The molecule has 0 saturated heterocycles. The summed E-state index contributed by atoms with van der Waals surface area (Å²) in [6.45, 7) is 2.58. The predicted octanol–water partition coefficient (Wildman–Crippen LogP) is 3.86. The summed E-state index contributed by atoms with van der Waals surface area (Å²) in [5.41, 5.74) is 2.95. The van der Waals surface area contributed by atoms with Gasteiger partial charge in [0.05, 0.1) is 22.0 Å². The summed E-state index contributed by atoms with van der Waals surface area (Å²) in [5.74, 6) is 1.01. The van der Waals surface area contributed by atoms with Crippen LogP contribution in [0.25, 0.3) is 11.0 Å². The second-order valence-electron chi connectivity index (χ2n) is 5.82. The number of aromatic nitrogens is 2. The molecule has 1 atom stereocenters. The quantitative estimate of drug-likeness (QED) is 0.675. The fourth-order valence-corrected chi connectivity index (χ4v) is 3.27. The SMILES string of the molecule is CC(SCC(=O)NCCc1ccc(F)cc1)c1nc2ccccc2[nH]1. The van der Waals surface area contributed by atoms with Crippen LogP contribution in [0.3, 0.4) is 0 Å². The summed E-state index contributed by atoms with van der Waals surface area (Å²) in [7, 11) is 0. The fraction of sp³-hybridized carbons (Fsp3) is 0.263. The van der Waals surface area contributed by atoms with Gasteiger partial charge in [-0.05, 0) is 43.2 Å². The van der Waals surface area contributed by atoms with Crippen molar-refractivity contribution in [2.45, 2.75) is 18.6 Å². The number of hydrogen-bond donors (Lipinski definition) is 2. The van der Waals surface area contributed by atoms with Crippen molar-refractivity contribution < 1.29 is 9.18 Å². The number of nitrogens with one attached hydrogen (secondary N) is 2. The molecule has 0 spiro atoms. The molecule has 3 aromatic rings. The number of H-pyrrole nitrogens is 1. The molecule has 0 fully saturated rings. The molecule has 0 aliphatic heterocycles. The smallest absolute Gasteiger partial charge is 0.230 e. The Morgan fingerprint density at radius 3 is 2.76 bits per heavy atom. The number of rotatable bonds is 7. The maximum Gasteiger partial charge on any atom is 0.230 e. The first-order valence-electron chi connectivity index (χ1n) is 8.19. The molecule has 6 heteroatoms. The maximum atomic E-state index is 12.8. The Balaban J connectivity index is 1.42. The number of nitrogens with zero attached hydrogens (tertiary/aromatic N) is 1. The van der Waals surface area contributed by atoms with E-state index in [1.165, 1.54) is 12.1 Å². The Labute approximate surface area is 150 Å². The molecule has 2 aromatic carbocycles. The van der Waals surface area contributed by atoms with Crippen LogP contribution in [0.1, 0.15) is 23.6 Å². The van der Waals surface area contributed by atoms with Crippen molar-refractivity contribution in [2.24, 2.45) is 0 Å². The van der Waals surface area contributed by atoms with E-state index in [9.17, 15) is 9.18 Å². The van der Waals surface area contributed by atoms with Crippen LogP contribution in [0.5, 0.6) is 0 Å². The van der Waals surface area contributed by atoms with Gasteiger partial charge in [0.1, 0.15) is 11.6 Å². The fourth-order valence-electron chi connectivity index (χ4n) is 2.49. The highest BCUT2D eigenvalue weighted by Gasteiger charge is 2.13. The summed E-state index contributed by atoms with van der Waals surface area (Å²) in [6, 6.07) is 14.2. The number of halogens is 1. The van der Waals surface area contributed by atoms with Crippen molar-refractivity contribution in [3.05, 3.63) is 65.7 Å². The molecule has 0 bridgehead atoms. The lowest BCUT2D eigenvalue weighted by atomic mass is 10.1. The number of carbonyl (C=O) groups is 1. The number of hydrogen-bond acceptors (Lipinski definition) is 3. The highest BCUT2D eigenvalue weighted by molar-refractivity contribution is 8.00. The number of fused-ring (bicyclic) bond motifs is 1. The summed E-state index contributed by atoms with van der Waals surface area (Å²) >= 11 is 1.55. The minimum Gasteiger partial charge on any atom is -0.355 e. The Morgan fingerprint density at radius 1 is 1.24 bits per heavy atom. The van der Waals surface area contributed by atoms with Gasteiger partial charge in [-0.25, -0.2) is 9.37 Å². The number of benzene rings is 2. The normalized spacial score (nSPS) is 12.2. The van der Waals surface area contributed by atoms with Crippen LogP contribution < -0.4 is 5.32 Å². The largest absolute Gasteiger partial charge is 0.355 e. The van der Waals surface area contributed by atoms with Crippen LogP contribution in [0, 0.1) is 5.82 Å². The molecule has 1 amide bonds. The second-order valence-corrected chi connectivity index (χ2v) is 7.15. The molecule has 3 rings (SSSR count). The molecule has 25 heavy (non-hydrogen) atoms. The summed E-state index contributed by atoms with van der Waals surface area (Å²) < 4.78 is 12.8. The van der Waals surface area contributed by atoms with E-state index in [2.05, 4.69) is 15.3 Å². The van der Waals surface area contributed by atoms with E-state index in [4.69, 9.17) is 0 Å². The number of imidazole rings is 1. The Bertz CT molecular complexity index is 814. The molecular weight excluding hydrogens is 337 g/mol. The number of aromatic amines is 1. The highest BCUT2D eigenvalue weighted by atomic mass is 32.2. The van der Waals surface area contributed by atoms with Crippen molar-refractivity contribution in [2.75, 3.05) is 12.3 Å². The molecule has 1 heterocycles. The standard InChI is InChI=1S/C19H20FN3OS/c1-13(19-22-16-4-2-3-5-17(16)23-19)25-12-18(24)21-11-10-14-6-8-15(20)9-7-14/h2-9,13H,10-12H2,1H3,(H,21,24)(H,22,23). The van der Waals surface area contributed by atoms with E-state index in [0.717, 1.165) is 22.4 Å². The van der Waals surface area contributed by atoms with E-state index >= 15 is 0 Å². The van der Waals surface area contributed by atoms with Gasteiger partial charge in [-0.15, -0.1) is 11.8 Å². The number of amides is 1. The lowest BCUT2D eigenvalue weighted by molar-refractivity contribution is -0.118. The molecule has 0 aliphatic rings. The summed E-state index contributed by atoms with van der Waals surface area (Å²) in [5, 5.41) is 3.00. The molecule has 0 saturated carbocycles. The average molecular weight is 357 g/mol. The first-order chi connectivity index (χ1) is 12.1. The number of para-hydroxylation sites is 2. The zero-order chi connectivity index (χ0) is 17.6. The Kier molecular flexibility index (Phi) is 5.71. The van der Waals surface area contributed by atoms with Crippen LogP contribution in [0.15, 0.2) is 48.5 Å². The second kappa shape index (κ2) is 8.16. The van der Waals surface area contributed by atoms with Gasteiger partial charge in [-0.2, -0.15) is 0 Å². The van der Waals surface area contributed by atoms with Gasteiger partial charge in [-0.1, -0.05) is 24.3 Å². The van der Waals surface area contributed by atoms with E-state index in [1.54, 1.807) is 23.9 Å². The van der Waals surface area contributed by atoms with Crippen LogP contribution in [-0.4, -0.2) is 28.2 Å². The molecule has 1 aromatic heterocycles. The third-order valence-corrected chi connectivity index (χ3v) is 5.06. The monoisotopic (exact) mass is 357 g/mol. The molecule has 130 valence electrons. The predicted molar refractivity (Wildman–Crippen MR) is 100 cm³/mol. The van der Waals surface area contributed by atoms with Gasteiger partial charge < -0.3 is 10.3 Å². The van der Waals surface area contributed by atoms with Crippen molar-refractivity contribution in [1.29, 1.82) is 0 Å². The third-order valence-electron chi connectivity index (χ3n) is 3.91. The first kappa shape index (κ1) is 17.5. The summed E-state index contributed by atoms with van der Waals surface area (Å²) in [6.07, 6.45) is 0.690. The average Bonchev–Trinajstić information content (AvgIpc) is 3.05. The van der Waals surface area contributed by atoms with Crippen LogP contribution in [0.4, 0.5) is 4.39 Å². The summed E-state index contributed by atoms with van der Waals surface area (Å²) in [4.78, 5) is 19.8. The van der Waals surface area contributed by atoms with Gasteiger partial charge in [-0.3, -0.25) is 4.79 Å². The van der Waals surface area contributed by atoms with E-state index < -0.39 is 0 Å².